The summed E-state index contributed by atoms with van der Waals surface area (Å²) in [6.07, 6.45) is 2.16. The van der Waals surface area contributed by atoms with Gasteiger partial charge in [-0.3, -0.25) is 4.79 Å². The van der Waals surface area contributed by atoms with Crippen LogP contribution < -0.4 is 15.4 Å². The van der Waals surface area contributed by atoms with Gasteiger partial charge in [-0.2, -0.15) is 0 Å². The van der Waals surface area contributed by atoms with Gasteiger partial charge in [0.2, 0.25) is 0 Å². The molecule has 9 nitrogen and oxygen atoms in total. The van der Waals surface area contributed by atoms with Gasteiger partial charge >= 0.3 is 0 Å². The quantitative estimate of drug-likeness (QED) is 0.486. The van der Waals surface area contributed by atoms with Crippen molar-refractivity contribution in [3.63, 3.8) is 0 Å². The number of anilines is 2. The summed E-state index contributed by atoms with van der Waals surface area (Å²) in [5, 5.41) is 10.2. The number of sulfonamides is 1. The highest BCUT2D eigenvalue weighted by molar-refractivity contribution is 7.90. The zero-order valence-corrected chi connectivity index (χ0v) is 20.3. The normalized spacial score (nSPS) is 17.4. The van der Waals surface area contributed by atoms with Gasteiger partial charge in [-0.05, 0) is 62.6 Å². The summed E-state index contributed by atoms with van der Waals surface area (Å²) in [6.45, 7) is 6.64. The van der Waals surface area contributed by atoms with Gasteiger partial charge in [0.25, 0.3) is 15.9 Å². The van der Waals surface area contributed by atoms with Crippen LogP contribution in [0.1, 0.15) is 37.6 Å². The van der Waals surface area contributed by atoms with Gasteiger partial charge in [0, 0.05) is 23.8 Å². The van der Waals surface area contributed by atoms with E-state index in [1.54, 1.807) is 0 Å². The van der Waals surface area contributed by atoms with E-state index in [1.807, 2.05) is 23.5 Å². The largest absolute Gasteiger partial charge is 0.504 e. The van der Waals surface area contributed by atoms with Crippen molar-refractivity contribution in [2.75, 3.05) is 17.2 Å². The summed E-state index contributed by atoms with van der Waals surface area (Å²) in [4.78, 5) is 23.2. The lowest BCUT2D eigenvalue weighted by atomic mass is 9.97. The minimum absolute atomic E-state index is 0.0119. The van der Waals surface area contributed by atoms with Crippen LogP contribution in [0.2, 0.25) is 0 Å². The number of amides is 1. The number of aromatic hydroxyl groups is 1. The minimum Gasteiger partial charge on any atom is -0.504 e. The third kappa shape index (κ3) is 4.63. The molecule has 1 aromatic carbocycles. The predicted molar refractivity (Wildman–Crippen MR) is 130 cm³/mol. The van der Waals surface area contributed by atoms with Crippen LogP contribution in [0, 0.1) is 11.7 Å². The van der Waals surface area contributed by atoms with Crippen molar-refractivity contribution in [1.29, 1.82) is 0 Å². The Morgan fingerprint density at radius 3 is 2.63 bits per heavy atom. The highest BCUT2D eigenvalue weighted by Gasteiger charge is 2.39. The number of nitrogens with one attached hydrogen (secondary N) is 1. The fourth-order valence-corrected chi connectivity index (χ4v) is 5.57. The van der Waals surface area contributed by atoms with Crippen LogP contribution >= 0.6 is 0 Å². The molecule has 0 bridgehead atoms. The molecule has 1 amide bonds. The second kappa shape index (κ2) is 8.81. The van der Waals surface area contributed by atoms with Crippen LogP contribution in [0.4, 0.5) is 16.0 Å². The van der Waals surface area contributed by atoms with Crippen molar-refractivity contribution in [2.45, 2.75) is 37.6 Å². The molecule has 2 aromatic heterocycles. The molecule has 0 radical (unpaired) electrons. The highest BCUT2D eigenvalue weighted by atomic mass is 32.2. The number of phenols is 1. The molecule has 0 aliphatic carbocycles. The Bertz CT molecular complexity index is 1410. The molecule has 0 spiro atoms. The first-order valence-corrected chi connectivity index (χ1v) is 12.4. The third-order valence-electron chi connectivity index (χ3n) is 6.03. The topological polar surface area (TPSA) is 139 Å². The van der Waals surface area contributed by atoms with Crippen molar-refractivity contribution in [3.05, 3.63) is 60.0 Å². The monoisotopic (exact) mass is 499 g/mol. The Balaban J connectivity index is 1.81. The number of para-hydroxylation sites is 1. The fourth-order valence-electron chi connectivity index (χ4n) is 4.52. The zero-order chi connectivity index (χ0) is 25.5. The maximum absolute atomic E-state index is 14.0. The number of carbonyl (C=O) groups excluding carboxylic acids is 1. The van der Waals surface area contributed by atoms with Crippen LogP contribution in [0.5, 0.6) is 5.75 Å². The van der Waals surface area contributed by atoms with Crippen LogP contribution in [0.3, 0.4) is 0 Å². The third-order valence-corrected chi connectivity index (χ3v) is 7.41. The number of nitrogens with zero attached hydrogens (tertiary/aromatic N) is 3. The maximum atomic E-state index is 14.0. The van der Waals surface area contributed by atoms with Crippen LogP contribution in [0.25, 0.3) is 11.3 Å². The number of phenolic OH excluding ortho intramolecular Hbond substituents is 1. The molecule has 184 valence electrons. The maximum Gasteiger partial charge on any atom is 0.268 e. The number of rotatable bonds is 5. The second-order valence-corrected chi connectivity index (χ2v) is 10.9. The summed E-state index contributed by atoms with van der Waals surface area (Å²) in [7, 11) is -4.32. The van der Waals surface area contributed by atoms with E-state index in [1.165, 1.54) is 42.6 Å². The van der Waals surface area contributed by atoms with E-state index in [2.05, 4.69) is 16.9 Å². The van der Waals surface area contributed by atoms with E-state index in [0.717, 1.165) is 12.5 Å². The van der Waals surface area contributed by atoms with Crippen molar-refractivity contribution >= 4 is 27.6 Å². The van der Waals surface area contributed by atoms with Gasteiger partial charge in [-0.25, -0.2) is 27.5 Å². The molecule has 35 heavy (non-hydrogen) atoms. The first-order chi connectivity index (χ1) is 16.4. The lowest BCUT2D eigenvalue weighted by Crippen LogP contribution is -2.41. The molecule has 0 unspecified atom stereocenters. The van der Waals surface area contributed by atoms with Crippen molar-refractivity contribution in [1.82, 2.24) is 14.7 Å². The van der Waals surface area contributed by atoms with Crippen molar-refractivity contribution < 1.29 is 22.7 Å². The fraction of sp³-hybridized carbons (Fsp3) is 0.292. The Labute approximate surface area is 202 Å². The number of halogens is 1. The van der Waals surface area contributed by atoms with E-state index in [-0.39, 0.29) is 39.3 Å². The summed E-state index contributed by atoms with van der Waals surface area (Å²) in [5.74, 6) is -1.99. The first kappa shape index (κ1) is 24.4. The minimum atomic E-state index is -4.32. The Morgan fingerprint density at radius 2 is 1.97 bits per heavy atom. The van der Waals surface area contributed by atoms with E-state index in [0.29, 0.717) is 6.54 Å². The van der Waals surface area contributed by atoms with E-state index < -0.39 is 33.0 Å². The van der Waals surface area contributed by atoms with Gasteiger partial charge in [0.05, 0.1) is 11.3 Å². The second-order valence-electron chi connectivity index (χ2n) is 9.26. The van der Waals surface area contributed by atoms with Crippen LogP contribution in [0.15, 0.2) is 53.6 Å². The lowest BCUT2D eigenvalue weighted by Gasteiger charge is -2.34. The first-order valence-electron chi connectivity index (χ1n) is 10.9. The average molecular weight is 500 g/mol. The van der Waals surface area contributed by atoms with Crippen LogP contribution in [-0.4, -0.2) is 41.5 Å². The Hall–Kier alpha value is -3.73. The molecule has 1 fully saturated rings. The molecule has 4 rings (SSSR count). The molecule has 1 atom stereocenters. The summed E-state index contributed by atoms with van der Waals surface area (Å²) in [5.41, 5.74) is 5.71. The highest BCUT2D eigenvalue weighted by Crippen LogP contribution is 2.39. The number of nitrogen functional groups attached to an aromatic ring is 1. The van der Waals surface area contributed by atoms with Gasteiger partial charge in [0.15, 0.2) is 11.6 Å². The molecular formula is C24H26FN5O4S. The number of carbonyl (C=O) groups is 1. The molecule has 11 heteroatoms. The van der Waals surface area contributed by atoms with Crippen molar-refractivity contribution in [2.24, 2.45) is 5.92 Å². The predicted octanol–water partition coefficient (Wildman–Crippen LogP) is 3.31. The van der Waals surface area contributed by atoms with Gasteiger partial charge in [-0.1, -0.05) is 13.0 Å². The molecule has 1 aliphatic heterocycles. The summed E-state index contributed by atoms with van der Waals surface area (Å²) < 4.78 is 41.8. The number of pyridine rings is 2. The zero-order valence-electron chi connectivity index (χ0n) is 19.5. The molecule has 4 N–H and O–H groups in total. The summed E-state index contributed by atoms with van der Waals surface area (Å²) >= 11 is 0. The summed E-state index contributed by atoms with van der Waals surface area (Å²) in [6, 6.07) is 9.58. The molecule has 3 aromatic rings. The number of hydrogen-bond acceptors (Lipinski definition) is 8. The van der Waals surface area contributed by atoms with Crippen LogP contribution in [-0.2, 0) is 10.0 Å². The number of aromatic nitrogens is 2. The Morgan fingerprint density at radius 1 is 1.23 bits per heavy atom. The van der Waals surface area contributed by atoms with E-state index >= 15 is 0 Å². The van der Waals surface area contributed by atoms with Gasteiger partial charge < -0.3 is 15.7 Å². The van der Waals surface area contributed by atoms with Crippen molar-refractivity contribution in [3.8, 4) is 17.0 Å². The SMILES string of the molecule is C[C@@H]1CN(c2nc(-c3cccc(F)c3O)ccc2C(=O)NS(=O)(=O)c2cccnc2N)C(C)(C)C1. The number of hydrogen-bond donors (Lipinski definition) is 3. The number of benzene rings is 1. The number of nitrogens with two attached hydrogens (primary N) is 1. The Kier molecular flexibility index (Phi) is 6.14. The average Bonchev–Trinajstić information content (AvgIpc) is 3.06. The van der Waals surface area contributed by atoms with E-state index in [4.69, 9.17) is 5.73 Å². The molecule has 3 heterocycles. The molecule has 1 saturated heterocycles. The van der Waals surface area contributed by atoms with E-state index in [9.17, 15) is 22.7 Å². The van der Waals surface area contributed by atoms with Gasteiger partial charge in [0.1, 0.15) is 16.5 Å². The molecular weight excluding hydrogens is 473 g/mol. The molecule has 0 saturated carbocycles. The van der Waals surface area contributed by atoms with Gasteiger partial charge in [-0.15, -0.1) is 0 Å². The molecule has 1 aliphatic rings. The standard InChI is InChI=1S/C24H26FN5O4S/c1-14-12-24(2,3)30(13-14)22-16(9-10-18(28-22)15-6-4-7-17(25)20(15)31)23(32)29-35(33,34)19-8-5-11-27-21(19)26/h4-11,14,31H,12-13H2,1-3H3,(H2,26,27)(H,29,32)/t14-/m0/s1. The lowest BCUT2D eigenvalue weighted by molar-refractivity contribution is 0.0981. The smallest absolute Gasteiger partial charge is 0.268 e.